The normalized spacial score (nSPS) is 13.5. The lowest BCUT2D eigenvalue weighted by Crippen LogP contribution is -2.10. The largest absolute Gasteiger partial charge is 0.497 e. The average molecular weight is 416 g/mol. The molecule has 3 aromatic rings. The van der Waals surface area contributed by atoms with Gasteiger partial charge in [0.2, 0.25) is 5.78 Å². The molecule has 0 aromatic heterocycles. The highest BCUT2D eigenvalue weighted by atomic mass is 16.5. The van der Waals surface area contributed by atoms with E-state index in [2.05, 4.69) is 0 Å². The van der Waals surface area contributed by atoms with Crippen LogP contribution in [0.15, 0.2) is 66.4 Å². The number of hydrogen-bond acceptors (Lipinski definition) is 6. The van der Waals surface area contributed by atoms with Crippen LogP contribution >= 0.6 is 0 Å². The van der Waals surface area contributed by atoms with Crippen molar-refractivity contribution in [2.45, 2.75) is 6.92 Å². The van der Waals surface area contributed by atoms with Crippen LogP contribution in [0.4, 0.5) is 0 Å². The highest BCUT2D eigenvalue weighted by molar-refractivity contribution is 6.15. The number of benzene rings is 3. The fourth-order valence-electron chi connectivity index (χ4n) is 3.39. The van der Waals surface area contributed by atoms with E-state index in [-0.39, 0.29) is 17.3 Å². The molecule has 0 unspecified atom stereocenters. The summed E-state index contributed by atoms with van der Waals surface area (Å²) in [6, 6.07) is 17.3. The number of para-hydroxylation sites is 1. The Bertz CT molecular complexity index is 1210. The molecule has 0 fully saturated rings. The second kappa shape index (κ2) is 8.36. The van der Waals surface area contributed by atoms with E-state index in [9.17, 15) is 9.59 Å². The first-order valence-corrected chi connectivity index (χ1v) is 9.58. The number of ketones is 1. The van der Waals surface area contributed by atoms with E-state index in [0.29, 0.717) is 33.9 Å². The molecule has 0 spiro atoms. The molecule has 1 aliphatic heterocycles. The highest BCUT2D eigenvalue weighted by Gasteiger charge is 2.30. The number of Topliss-reactive ketones (excluding diaryl/α,β-unsaturated/α-hetero) is 1. The van der Waals surface area contributed by atoms with Gasteiger partial charge in [0.1, 0.15) is 28.6 Å². The van der Waals surface area contributed by atoms with Crippen molar-refractivity contribution in [1.82, 2.24) is 0 Å². The number of carbonyl (C=O) groups excluding carboxylic acids is 2. The van der Waals surface area contributed by atoms with Gasteiger partial charge in [0.15, 0.2) is 5.76 Å². The van der Waals surface area contributed by atoms with Gasteiger partial charge in [0, 0.05) is 6.07 Å². The molecule has 0 saturated heterocycles. The van der Waals surface area contributed by atoms with E-state index in [1.54, 1.807) is 62.6 Å². The van der Waals surface area contributed by atoms with Gasteiger partial charge in [-0.15, -0.1) is 0 Å². The molecule has 0 bridgehead atoms. The van der Waals surface area contributed by atoms with E-state index >= 15 is 0 Å². The predicted octanol–water partition coefficient (Wildman–Crippen LogP) is 4.85. The third-order valence-corrected chi connectivity index (χ3v) is 4.87. The Morgan fingerprint density at radius 1 is 0.935 bits per heavy atom. The van der Waals surface area contributed by atoms with E-state index in [1.807, 2.05) is 18.2 Å². The number of ether oxygens (including phenoxy) is 4. The van der Waals surface area contributed by atoms with Crippen molar-refractivity contribution < 1.29 is 28.5 Å². The van der Waals surface area contributed by atoms with Gasteiger partial charge < -0.3 is 18.9 Å². The van der Waals surface area contributed by atoms with Crippen molar-refractivity contribution in [2.75, 3.05) is 14.2 Å². The lowest BCUT2D eigenvalue weighted by molar-refractivity contribution is 0.0731. The Morgan fingerprint density at radius 3 is 2.52 bits per heavy atom. The van der Waals surface area contributed by atoms with Crippen LogP contribution in [-0.2, 0) is 0 Å². The highest BCUT2D eigenvalue weighted by Crippen LogP contribution is 2.38. The van der Waals surface area contributed by atoms with Gasteiger partial charge in [-0.25, -0.2) is 4.79 Å². The number of allylic oxidation sites excluding steroid dienone is 1. The van der Waals surface area contributed by atoms with Crippen LogP contribution in [0.5, 0.6) is 23.0 Å². The molecular formula is C25H20O6. The first-order valence-electron chi connectivity index (χ1n) is 9.58. The standard InChI is InChI=1S/C25H20O6/c1-15-11-18(30-25(27)19-9-4-5-10-20(19)29-3)14-21-23(15)24(26)22(31-21)13-16-7-6-8-17(12-16)28-2/h4-14H,1-3H3/b22-13-. The van der Waals surface area contributed by atoms with Crippen molar-refractivity contribution in [3.05, 3.63) is 88.7 Å². The molecule has 3 aromatic carbocycles. The number of fused-ring (bicyclic) bond motifs is 1. The molecular weight excluding hydrogens is 396 g/mol. The Kier molecular flexibility index (Phi) is 5.45. The number of methoxy groups -OCH3 is 2. The molecule has 6 heteroatoms. The SMILES string of the molecule is COc1cccc(/C=C2\Oc3cc(OC(=O)c4ccccc4OC)cc(C)c3C2=O)c1. The van der Waals surface area contributed by atoms with Crippen molar-refractivity contribution in [1.29, 1.82) is 0 Å². The van der Waals surface area contributed by atoms with Gasteiger partial charge in [-0.05, 0) is 54.5 Å². The van der Waals surface area contributed by atoms with Crippen LogP contribution in [0.3, 0.4) is 0 Å². The second-order valence-electron chi connectivity index (χ2n) is 6.92. The van der Waals surface area contributed by atoms with Crippen molar-refractivity contribution in [3.63, 3.8) is 0 Å². The molecule has 0 N–H and O–H groups in total. The van der Waals surface area contributed by atoms with Crippen LogP contribution in [0, 0.1) is 6.92 Å². The van der Waals surface area contributed by atoms with E-state index < -0.39 is 5.97 Å². The van der Waals surface area contributed by atoms with Gasteiger partial charge in [-0.2, -0.15) is 0 Å². The summed E-state index contributed by atoms with van der Waals surface area (Å²) in [4.78, 5) is 25.5. The molecule has 1 aliphatic rings. The molecule has 0 amide bonds. The monoisotopic (exact) mass is 416 g/mol. The third-order valence-electron chi connectivity index (χ3n) is 4.87. The first kappa shape index (κ1) is 20.2. The number of esters is 1. The summed E-state index contributed by atoms with van der Waals surface area (Å²) in [5.74, 6) is 1.13. The average Bonchev–Trinajstić information content (AvgIpc) is 3.09. The molecule has 0 atom stereocenters. The van der Waals surface area contributed by atoms with Crippen LogP contribution in [0.2, 0.25) is 0 Å². The molecule has 0 aliphatic carbocycles. The topological polar surface area (TPSA) is 71.1 Å². The molecule has 31 heavy (non-hydrogen) atoms. The fraction of sp³-hybridized carbons (Fsp3) is 0.120. The van der Waals surface area contributed by atoms with E-state index in [1.165, 1.54) is 7.11 Å². The van der Waals surface area contributed by atoms with Gasteiger partial charge in [0.25, 0.3) is 0 Å². The maximum atomic E-state index is 12.9. The molecule has 156 valence electrons. The zero-order valence-corrected chi connectivity index (χ0v) is 17.3. The Hall–Kier alpha value is -4.06. The molecule has 0 saturated carbocycles. The third kappa shape index (κ3) is 4.00. The first-order chi connectivity index (χ1) is 15.0. The summed E-state index contributed by atoms with van der Waals surface area (Å²) in [7, 11) is 3.07. The maximum Gasteiger partial charge on any atom is 0.347 e. The number of carbonyl (C=O) groups is 2. The zero-order chi connectivity index (χ0) is 22.0. The zero-order valence-electron chi connectivity index (χ0n) is 17.3. The van der Waals surface area contributed by atoms with Crippen LogP contribution in [0.1, 0.15) is 31.8 Å². The Balaban J connectivity index is 1.61. The quantitative estimate of drug-likeness (QED) is 0.336. The second-order valence-corrected chi connectivity index (χ2v) is 6.92. The van der Waals surface area contributed by atoms with E-state index in [4.69, 9.17) is 18.9 Å². The molecule has 4 rings (SSSR count). The minimum absolute atomic E-state index is 0.194. The minimum atomic E-state index is -0.562. The lowest BCUT2D eigenvalue weighted by Gasteiger charge is -2.10. The van der Waals surface area contributed by atoms with Gasteiger partial charge in [-0.1, -0.05) is 24.3 Å². The molecule has 0 radical (unpaired) electrons. The summed E-state index contributed by atoms with van der Waals surface area (Å²) in [5.41, 5.74) is 2.18. The van der Waals surface area contributed by atoms with Gasteiger partial charge in [-0.3, -0.25) is 4.79 Å². The summed E-state index contributed by atoms with van der Waals surface area (Å²) in [6.07, 6.45) is 1.66. The van der Waals surface area contributed by atoms with Crippen LogP contribution in [-0.4, -0.2) is 26.0 Å². The summed E-state index contributed by atoms with van der Waals surface area (Å²) in [6.45, 7) is 1.77. The molecule has 1 heterocycles. The van der Waals surface area contributed by atoms with Crippen molar-refractivity contribution >= 4 is 17.8 Å². The van der Waals surface area contributed by atoms with Crippen LogP contribution < -0.4 is 18.9 Å². The molecule has 6 nitrogen and oxygen atoms in total. The van der Waals surface area contributed by atoms with E-state index in [0.717, 1.165) is 5.56 Å². The van der Waals surface area contributed by atoms with Crippen molar-refractivity contribution in [3.8, 4) is 23.0 Å². The summed E-state index contributed by atoms with van der Waals surface area (Å²) in [5, 5.41) is 0. The number of hydrogen-bond donors (Lipinski definition) is 0. The fourth-order valence-corrected chi connectivity index (χ4v) is 3.39. The van der Waals surface area contributed by atoms with Crippen LogP contribution in [0.25, 0.3) is 6.08 Å². The summed E-state index contributed by atoms with van der Waals surface area (Å²) < 4.78 is 21.8. The minimum Gasteiger partial charge on any atom is -0.497 e. The Labute approximate surface area is 179 Å². The number of rotatable bonds is 5. The predicted molar refractivity (Wildman–Crippen MR) is 115 cm³/mol. The Morgan fingerprint density at radius 2 is 1.74 bits per heavy atom. The van der Waals surface area contributed by atoms with Gasteiger partial charge in [0.05, 0.1) is 19.8 Å². The smallest absolute Gasteiger partial charge is 0.347 e. The summed E-state index contributed by atoms with van der Waals surface area (Å²) >= 11 is 0. The lowest BCUT2D eigenvalue weighted by atomic mass is 10.0. The number of aryl methyl sites for hydroxylation is 1. The maximum absolute atomic E-state index is 12.9. The van der Waals surface area contributed by atoms with Gasteiger partial charge >= 0.3 is 5.97 Å². The van der Waals surface area contributed by atoms with Crippen molar-refractivity contribution in [2.24, 2.45) is 0 Å².